The number of hydrogen-bond donors (Lipinski definition) is 2. The topological polar surface area (TPSA) is 48.9 Å². The average molecular weight is 514 g/mol. The summed E-state index contributed by atoms with van der Waals surface area (Å²) < 4.78 is 6.15. The molecule has 29 heavy (non-hydrogen) atoms. The van der Waals surface area contributed by atoms with Gasteiger partial charge in [0.15, 0.2) is 5.96 Å². The Labute approximate surface area is 194 Å². The minimum absolute atomic E-state index is 0. The van der Waals surface area contributed by atoms with E-state index in [1.54, 1.807) is 0 Å². The molecular formula is C23H39IN4O. The van der Waals surface area contributed by atoms with E-state index in [1.807, 2.05) is 7.05 Å². The Balaban J connectivity index is 0.00000300. The highest BCUT2D eigenvalue weighted by molar-refractivity contribution is 14.0. The Morgan fingerprint density at radius 1 is 1.07 bits per heavy atom. The van der Waals surface area contributed by atoms with Crippen molar-refractivity contribution in [2.45, 2.75) is 51.6 Å². The van der Waals surface area contributed by atoms with Crippen LogP contribution in [-0.2, 0) is 4.74 Å². The number of benzene rings is 1. The van der Waals surface area contributed by atoms with Crippen molar-refractivity contribution >= 4 is 29.9 Å². The first kappa shape index (κ1) is 24.4. The third kappa shape index (κ3) is 8.06. The molecule has 2 heterocycles. The van der Waals surface area contributed by atoms with Crippen molar-refractivity contribution in [2.24, 2.45) is 10.9 Å². The molecule has 0 spiro atoms. The van der Waals surface area contributed by atoms with Gasteiger partial charge >= 0.3 is 0 Å². The highest BCUT2D eigenvalue weighted by Crippen LogP contribution is 2.33. The van der Waals surface area contributed by atoms with Gasteiger partial charge in [0, 0.05) is 39.2 Å². The number of hydrogen-bond acceptors (Lipinski definition) is 3. The van der Waals surface area contributed by atoms with Crippen LogP contribution in [-0.4, -0.2) is 57.2 Å². The Kier molecular flexibility index (Phi) is 11.3. The molecule has 2 saturated heterocycles. The van der Waals surface area contributed by atoms with Crippen LogP contribution in [0.5, 0.6) is 0 Å². The molecule has 0 amide bonds. The van der Waals surface area contributed by atoms with Gasteiger partial charge in [0.1, 0.15) is 0 Å². The minimum Gasteiger partial charge on any atom is -0.373 e. The summed E-state index contributed by atoms with van der Waals surface area (Å²) in [6.45, 7) is 8.41. The number of nitrogens with zero attached hydrogens (tertiary/aromatic N) is 2. The molecule has 1 aromatic carbocycles. The van der Waals surface area contributed by atoms with E-state index in [0.717, 1.165) is 38.6 Å². The van der Waals surface area contributed by atoms with Gasteiger partial charge < -0.3 is 20.3 Å². The predicted molar refractivity (Wildman–Crippen MR) is 132 cm³/mol. The third-order valence-electron chi connectivity index (χ3n) is 6.03. The predicted octanol–water partition coefficient (Wildman–Crippen LogP) is 4.12. The Bertz CT molecular complexity index is 599. The molecule has 0 aliphatic carbocycles. The molecule has 0 aromatic heterocycles. The van der Waals surface area contributed by atoms with E-state index in [1.165, 1.54) is 56.3 Å². The number of nitrogens with one attached hydrogen (secondary N) is 2. The lowest BCUT2D eigenvalue weighted by molar-refractivity contribution is -0.0265. The van der Waals surface area contributed by atoms with E-state index < -0.39 is 0 Å². The molecule has 3 rings (SSSR count). The normalized spacial score (nSPS) is 23.7. The molecule has 1 aromatic rings. The summed E-state index contributed by atoms with van der Waals surface area (Å²) in [7, 11) is 1.86. The quantitative estimate of drug-likeness (QED) is 0.341. The second-order valence-corrected chi connectivity index (χ2v) is 8.24. The first-order chi connectivity index (χ1) is 13.8. The molecule has 0 bridgehead atoms. The molecule has 2 aliphatic heterocycles. The Morgan fingerprint density at radius 3 is 2.48 bits per heavy atom. The van der Waals surface area contributed by atoms with Crippen LogP contribution in [0.25, 0.3) is 0 Å². The SMILES string of the molecule is CN=C(NCCN1CCCCCC1)NCC1CCCOC1c1ccc(C)cc1.I. The maximum atomic E-state index is 6.15. The highest BCUT2D eigenvalue weighted by Gasteiger charge is 2.27. The van der Waals surface area contributed by atoms with Gasteiger partial charge in [0.2, 0.25) is 0 Å². The van der Waals surface area contributed by atoms with E-state index in [4.69, 9.17) is 4.74 Å². The molecule has 2 atom stereocenters. The zero-order valence-corrected chi connectivity index (χ0v) is 20.5. The van der Waals surface area contributed by atoms with E-state index in [9.17, 15) is 0 Å². The highest BCUT2D eigenvalue weighted by atomic mass is 127. The van der Waals surface area contributed by atoms with Crippen LogP contribution >= 0.6 is 24.0 Å². The lowest BCUT2D eigenvalue weighted by atomic mass is 9.89. The summed E-state index contributed by atoms with van der Waals surface area (Å²) in [5, 5.41) is 7.04. The van der Waals surface area contributed by atoms with Gasteiger partial charge in [-0.25, -0.2) is 0 Å². The minimum atomic E-state index is 0. The maximum absolute atomic E-state index is 6.15. The fraction of sp³-hybridized carbons (Fsp3) is 0.696. The van der Waals surface area contributed by atoms with Crippen molar-refractivity contribution in [1.29, 1.82) is 0 Å². The van der Waals surface area contributed by atoms with Gasteiger partial charge in [0.05, 0.1) is 6.10 Å². The zero-order valence-electron chi connectivity index (χ0n) is 18.2. The summed E-state index contributed by atoms with van der Waals surface area (Å²) in [6.07, 6.45) is 7.96. The standard InChI is InChI=1S/C23H38N4O.HI/c1-19-9-11-20(12-10-19)22-21(8-7-17-28-22)18-26-23(24-2)25-13-16-27-14-5-3-4-6-15-27;/h9-12,21-22H,3-8,13-18H2,1-2H3,(H2,24,25,26);1H. The van der Waals surface area contributed by atoms with E-state index in [-0.39, 0.29) is 30.1 Å². The summed E-state index contributed by atoms with van der Waals surface area (Å²) >= 11 is 0. The first-order valence-corrected chi connectivity index (χ1v) is 11.1. The first-order valence-electron chi connectivity index (χ1n) is 11.1. The number of likely N-dealkylation sites (tertiary alicyclic amines) is 1. The van der Waals surface area contributed by atoms with Gasteiger partial charge in [-0.1, -0.05) is 42.7 Å². The number of rotatable bonds is 6. The number of aliphatic imine (C=N–C) groups is 1. The van der Waals surface area contributed by atoms with Crippen LogP contribution in [0, 0.1) is 12.8 Å². The van der Waals surface area contributed by atoms with E-state index >= 15 is 0 Å². The van der Waals surface area contributed by atoms with E-state index in [0.29, 0.717) is 5.92 Å². The number of ether oxygens (including phenoxy) is 1. The van der Waals surface area contributed by atoms with Gasteiger partial charge in [-0.3, -0.25) is 4.99 Å². The van der Waals surface area contributed by atoms with Crippen LogP contribution in [0.4, 0.5) is 0 Å². The molecule has 5 nitrogen and oxygen atoms in total. The van der Waals surface area contributed by atoms with Crippen molar-refractivity contribution in [1.82, 2.24) is 15.5 Å². The van der Waals surface area contributed by atoms with Crippen molar-refractivity contribution in [3.8, 4) is 0 Å². The van der Waals surface area contributed by atoms with Crippen LogP contribution in [0.1, 0.15) is 55.8 Å². The second kappa shape index (κ2) is 13.4. The van der Waals surface area contributed by atoms with Crippen molar-refractivity contribution < 1.29 is 4.74 Å². The average Bonchev–Trinajstić information content (AvgIpc) is 3.00. The fourth-order valence-corrected chi connectivity index (χ4v) is 4.32. The number of halogens is 1. The lowest BCUT2D eigenvalue weighted by Gasteiger charge is -2.32. The molecule has 0 saturated carbocycles. The Morgan fingerprint density at radius 2 is 1.79 bits per heavy atom. The molecule has 164 valence electrons. The van der Waals surface area contributed by atoms with Crippen LogP contribution in [0.3, 0.4) is 0 Å². The van der Waals surface area contributed by atoms with Crippen LogP contribution < -0.4 is 10.6 Å². The second-order valence-electron chi connectivity index (χ2n) is 8.24. The third-order valence-corrected chi connectivity index (χ3v) is 6.03. The summed E-state index contributed by atoms with van der Waals surface area (Å²) in [4.78, 5) is 7.00. The fourth-order valence-electron chi connectivity index (χ4n) is 4.32. The molecule has 6 heteroatoms. The molecule has 2 N–H and O–H groups in total. The largest absolute Gasteiger partial charge is 0.373 e. The van der Waals surface area contributed by atoms with Crippen LogP contribution in [0.15, 0.2) is 29.3 Å². The lowest BCUT2D eigenvalue weighted by Crippen LogP contribution is -2.44. The number of guanidine groups is 1. The van der Waals surface area contributed by atoms with Gasteiger partial charge in [0.25, 0.3) is 0 Å². The zero-order chi connectivity index (χ0) is 19.6. The summed E-state index contributed by atoms with van der Waals surface area (Å²) in [5.41, 5.74) is 2.59. The van der Waals surface area contributed by atoms with E-state index in [2.05, 4.69) is 51.7 Å². The van der Waals surface area contributed by atoms with Gasteiger partial charge in [-0.05, 0) is 51.3 Å². The summed E-state index contributed by atoms with van der Waals surface area (Å²) in [6, 6.07) is 8.79. The number of aryl methyl sites for hydroxylation is 1. The Hall–Kier alpha value is -0.860. The molecule has 0 radical (unpaired) electrons. The maximum Gasteiger partial charge on any atom is 0.191 e. The van der Waals surface area contributed by atoms with Crippen molar-refractivity contribution in [3.05, 3.63) is 35.4 Å². The molecular weight excluding hydrogens is 475 g/mol. The van der Waals surface area contributed by atoms with Crippen molar-refractivity contribution in [2.75, 3.05) is 46.4 Å². The molecule has 2 unspecified atom stereocenters. The van der Waals surface area contributed by atoms with Gasteiger partial charge in [-0.15, -0.1) is 24.0 Å². The smallest absolute Gasteiger partial charge is 0.191 e. The molecule has 2 aliphatic rings. The monoisotopic (exact) mass is 514 g/mol. The van der Waals surface area contributed by atoms with Gasteiger partial charge in [-0.2, -0.15) is 0 Å². The van der Waals surface area contributed by atoms with Crippen molar-refractivity contribution in [3.63, 3.8) is 0 Å². The van der Waals surface area contributed by atoms with Crippen LogP contribution in [0.2, 0.25) is 0 Å². The molecule has 2 fully saturated rings. The summed E-state index contributed by atoms with van der Waals surface area (Å²) in [5.74, 6) is 1.38.